The van der Waals surface area contributed by atoms with Crippen molar-refractivity contribution in [2.75, 3.05) is 16.4 Å². The van der Waals surface area contributed by atoms with Gasteiger partial charge in [-0.15, -0.1) is 5.10 Å². The maximum atomic E-state index is 13.1. The molecule has 0 aliphatic carbocycles. The maximum absolute atomic E-state index is 13.1. The van der Waals surface area contributed by atoms with Gasteiger partial charge in [0.05, 0.1) is 17.0 Å². The highest BCUT2D eigenvalue weighted by molar-refractivity contribution is 7.99. The molecule has 3 N–H and O–H groups in total. The summed E-state index contributed by atoms with van der Waals surface area (Å²) in [5.41, 5.74) is 1.77. The fourth-order valence-corrected chi connectivity index (χ4v) is 4.11. The predicted octanol–water partition coefficient (Wildman–Crippen LogP) is 3.94. The fraction of sp³-hybridized carbons (Fsp3) is 0.120. The number of hydrogen-bond acceptors (Lipinski definition) is 5. The van der Waals surface area contributed by atoms with Crippen molar-refractivity contribution in [2.24, 2.45) is 0 Å². The minimum Gasteiger partial charge on any atom is -0.325 e. The van der Waals surface area contributed by atoms with Crippen LogP contribution in [0.2, 0.25) is 0 Å². The molecule has 0 saturated carbocycles. The van der Waals surface area contributed by atoms with Crippen LogP contribution in [-0.2, 0) is 17.8 Å². The topological polar surface area (TPSA) is 109 Å². The zero-order valence-corrected chi connectivity index (χ0v) is 19.3. The second-order valence-electron chi connectivity index (χ2n) is 7.54. The number of thioether (sulfide) groups is 1. The summed E-state index contributed by atoms with van der Waals surface area (Å²) < 4.78 is 14.6. The molecule has 3 aromatic carbocycles. The summed E-state index contributed by atoms with van der Waals surface area (Å²) in [7, 11) is 0. The number of anilines is 2. The number of aryl methyl sites for hydroxylation is 1. The van der Waals surface area contributed by atoms with Gasteiger partial charge in [0.1, 0.15) is 5.82 Å². The highest BCUT2D eigenvalue weighted by Crippen LogP contribution is 2.20. The summed E-state index contributed by atoms with van der Waals surface area (Å²) in [6.07, 6.45) is 0.649. The Labute approximate surface area is 204 Å². The first-order valence-electron chi connectivity index (χ1n) is 10.8. The zero-order valence-electron chi connectivity index (χ0n) is 18.5. The largest absolute Gasteiger partial charge is 0.343 e. The monoisotopic (exact) mass is 491 g/mol. The number of H-pyrrole nitrogens is 1. The molecule has 10 heteroatoms. The number of amides is 2. The van der Waals surface area contributed by atoms with Gasteiger partial charge in [-0.2, -0.15) is 0 Å². The molecule has 35 heavy (non-hydrogen) atoms. The van der Waals surface area contributed by atoms with Crippen LogP contribution in [0.25, 0.3) is 0 Å². The van der Waals surface area contributed by atoms with Crippen LogP contribution in [0.1, 0.15) is 15.9 Å². The third-order valence-electron chi connectivity index (χ3n) is 5.07. The van der Waals surface area contributed by atoms with Gasteiger partial charge >= 0.3 is 5.69 Å². The number of nitrogens with one attached hydrogen (secondary N) is 3. The molecule has 0 radical (unpaired) electrons. The van der Waals surface area contributed by atoms with Crippen molar-refractivity contribution in [3.63, 3.8) is 0 Å². The molecule has 1 heterocycles. The molecule has 4 aromatic rings. The Balaban J connectivity index is 1.37. The van der Waals surface area contributed by atoms with Crippen molar-refractivity contribution in [3.05, 3.63) is 106 Å². The fourth-order valence-electron chi connectivity index (χ4n) is 3.33. The average molecular weight is 492 g/mol. The molecule has 0 bridgehead atoms. The van der Waals surface area contributed by atoms with Gasteiger partial charge in [0.15, 0.2) is 5.16 Å². The van der Waals surface area contributed by atoms with Gasteiger partial charge in [-0.25, -0.2) is 14.3 Å². The first-order chi connectivity index (χ1) is 17.0. The lowest BCUT2D eigenvalue weighted by Crippen LogP contribution is -2.21. The van der Waals surface area contributed by atoms with E-state index in [0.717, 1.165) is 17.3 Å². The van der Waals surface area contributed by atoms with Gasteiger partial charge in [0, 0.05) is 12.2 Å². The van der Waals surface area contributed by atoms with E-state index < -0.39 is 11.7 Å². The first kappa shape index (κ1) is 24.0. The third-order valence-corrected chi connectivity index (χ3v) is 6.05. The number of benzene rings is 3. The van der Waals surface area contributed by atoms with Crippen LogP contribution in [0, 0.1) is 5.82 Å². The number of aromatic amines is 1. The van der Waals surface area contributed by atoms with Gasteiger partial charge in [-0.1, -0.05) is 54.2 Å². The van der Waals surface area contributed by atoms with Crippen LogP contribution in [0.15, 0.2) is 88.8 Å². The summed E-state index contributed by atoms with van der Waals surface area (Å²) in [5.74, 6) is -1.22. The Morgan fingerprint density at radius 3 is 2.43 bits per heavy atom. The number of carbonyl (C=O) groups is 2. The SMILES string of the molecule is O=C(CSc1n[nH]c(=O)n1CCc1ccccc1)Nc1ccccc1C(=O)Nc1ccc(F)cc1. The van der Waals surface area contributed by atoms with Gasteiger partial charge in [0.25, 0.3) is 5.91 Å². The van der Waals surface area contributed by atoms with Crippen LogP contribution in [0.5, 0.6) is 0 Å². The number of rotatable bonds is 9. The number of carbonyl (C=O) groups excluding carboxylic acids is 2. The zero-order chi connectivity index (χ0) is 24.6. The highest BCUT2D eigenvalue weighted by atomic mass is 32.2. The molecule has 178 valence electrons. The highest BCUT2D eigenvalue weighted by Gasteiger charge is 2.15. The number of para-hydroxylation sites is 1. The average Bonchev–Trinajstić information content (AvgIpc) is 3.23. The van der Waals surface area contributed by atoms with E-state index in [4.69, 9.17) is 0 Å². The standard InChI is InChI=1S/C25H22FN5O3S/c26-18-10-12-19(13-11-18)27-23(33)20-8-4-5-9-21(20)28-22(32)16-35-25-30-29-24(34)31(25)15-14-17-6-2-1-3-7-17/h1-13H,14-16H2,(H,27,33)(H,28,32)(H,29,34). The molecule has 4 rings (SSSR count). The molecular weight excluding hydrogens is 469 g/mol. The lowest BCUT2D eigenvalue weighted by Gasteiger charge is -2.11. The Hall–Kier alpha value is -4.18. The molecule has 0 unspecified atom stereocenters. The second-order valence-corrected chi connectivity index (χ2v) is 8.48. The van der Waals surface area contributed by atoms with E-state index in [9.17, 15) is 18.8 Å². The van der Waals surface area contributed by atoms with Gasteiger partial charge in [-0.3, -0.25) is 14.2 Å². The quantitative estimate of drug-likeness (QED) is 0.308. The van der Waals surface area contributed by atoms with Crippen molar-refractivity contribution in [3.8, 4) is 0 Å². The Bertz CT molecular complexity index is 1370. The summed E-state index contributed by atoms with van der Waals surface area (Å²) in [6.45, 7) is 0.426. The van der Waals surface area contributed by atoms with Crippen LogP contribution < -0.4 is 16.3 Å². The van der Waals surface area contributed by atoms with E-state index in [1.807, 2.05) is 30.3 Å². The van der Waals surface area contributed by atoms with E-state index in [0.29, 0.717) is 29.5 Å². The molecule has 0 fully saturated rings. The lowest BCUT2D eigenvalue weighted by atomic mass is 10.1. The molecular formula is C25H22FN5O3S. The molecule has 0 atom stereocenters. The first-order valence-corrected chi connectivity index (χ1v) is 11.8. The summed E-state index contributed by atoms with van der Waals surface area (Å²) in [5, 5.41) is 12.3. The smallest absolute Gasteiger partial charge is 0.325 e. The lowest BCUT2D eigenvalue weighted by molar-refractivity contribution is -0.113. The third kappa shape index (κ3) is 6.45. The van der Waals surface area contributed by atoms with Crippen LogP contribution >= 0.6 is 11.8 Å². The normalized spacial score (nSPS) is 10.7. The maximum Gasteiger partial charge on any atom is 0.343 e. The number of halogens is 1. The predicted molar refractivity (Wildman–Crippen MR) is 133 cm³/mol. The van der Waals surface area contributed by atoms with E-state index in [1.165, 1.54) is 28.8 Å². The molecule has 0 spiro atoms. The minimum absolute atomic E-state index is 0.0104. The van der Waals surface area contributed by atoms with Gasteiger partial charge in [-0.05, 0) is 48.4 Å². The van der Waals surface area contributed by atoms with Crippen molar-refractivity contribution in [1.29, 1.82) is 0 Å². The van der Waals surface area contributed by atoms with Gasteiger partial charge < -0.3 is 10.6 Å². The molecule has 0 aliphatic heterocycles. The summed E-state index contributed by atoms with van der Waals surface area (Å²) in [4.78, 5) is 37.5. The molecule has 1 aromatic heterocycles. The summed E-state index contributed by atoms with van der Waals surface area (Å²) >= 11 is 1.12. The van der Waals surface area contributed by atoms with Gasteiger partial charge in [0.2, 0.25) is 5.91 Å². The number of hydrogen-bond donors (Lipinski definition) is 3. The minimum atomic E-state index is -0.442. The Morgan fingerprint density at radius 1 is 0.943 bits per heavy atom. The van der Waals surface area contributed by atoms with E-state index in [-0.39, 0.29) is 22.9 Å². The Morgan fingerprint density at radius 2 is 1.66 bits per heavy atom. The summed E-state index contributed by atoms with van der Waals surface area (Å²) in [6, 6.07) is 21.7. The van der Waals surface area contributed by atoms with Crippen molar-refractivity contribution < 1.29 is 14.0 Å². The van der Waals surface area contributed by atoms with Crippen molar-refractivity contribution >= 4 is 35.0 Å². The molecule has 8 nitrogen and oxygen atoms in total. The van der Waals surface area contributed by atoms with E-state index in [1.54, 1.807) is 24.3 Å². The van der Waals surface area contributed by atoms with Crippen LogP contribution in [-0.4, -0.2) is 32.3 Å². The number of nitrogens with zero attached hydrogens (tertiary/aromatic N) is 2. The Kier molecular flexibility index (Phi) is 7.74. The van der Waals surface area contributed by atoms with Crippen molar-refractivity contribution in [2.45, 2.75) is 18.1 Å². The molecule has 0 aliphatic rings. The van der Waals surface area contributed by atoms with E-state index >= 15 is 0 Å². The van der Waals surface area contributed by atoms with E-state index in [2.05, 4.69) is 20.8 Å². The number of aromatic nitrogens is 3. The van der Waals surface area contributed by atoms with Crippen LogP contribution in [0.4, 0.5) is 15.8 Å². The molecule has 2 amide bonds. The second kappa shape index (κ2) is 11.3. The van der Waals surface area contributed by atoms with Crippen molar-refractivity contribution in [1.82, 2.24) is 14.8 Å². The van der Waals surface area contributed by atoms with Crippen LogP contribution in [0.3, 0.4) is 0 Å². The molecule has 0 saturated heterocycles.